The summed E-state index contributed by atoms with van der Waals surface area (Å²) in [4.78, 5) is 19.9. The molecule has 0 unspecified atom stereocenters. The van der Waals surface area contributed by atoms with Crippen molar-refractivity contribution in [2.75, 3.05) is 19.6 Å². The number of fused-ring (bicyclic) bond motifs is 2. The van der Waals surface area contributed by atoms with Gasteiger partial charge in [-0.1, -0.05) is 5.16 Å². The summed E-state index contributed by atoms with van der Waals surface area (Å²) in [6, 6.07) is 4.58. The van der Waals surface area contributed by atoms with Crippen LogP contribution in [0.15, 0.2) is 27.5 Å². The molecule has 0 aliphatic carbocycles. The largest absolute Gasteiger partial charge is 0.385 e. The standard InChI is InChI=1S/C23H27FN4O3/c1-14-17(23(30)28-9-2-3-19(29)22(28)25-14)8-12-27-10-6-15(7-11-27)21-18-5-4-16(24)13-20(18)31-26-21/h4-5,13,15,19,29H,2-3,6-12H2,1H3/t19-/m0/s1. The molecule has 0 radical (unpaired) electrons. The molecule has 1 fully saturated rings. The van der Waals surface area contributed by atoms with Gasteiger partial charge in [0.15, 0.2) is 5.58 Å². The summed E-state index contributed by atoms with van der Waals surface area (Å²) in [6.07, 6.45) is 3.38. The Hall–Kier alpha value is -2.58. The number of halogens is 1. The highest BCUT2D eigenvalue weighted by molar-refractivity contribution is 5.79. The number of likely N-dealkylation sites (tertiary alicyclic amines) is 1. The van der Waals surface area contributed by atoms with Crippen molar-refractivity contribution >= 4 is 11.0 Å². The van der Waals surface area contributed by atoms with Gasteiger partial charge in [0, 0.05) is 41.7 Å². The summed E-state index contributed by atoms with van der Waals surface area (Å²) in [5, 5.41) is 15.3. The third kappa shape index (κ3) is 3.78. The van der Waals surface area contributed by atoms with Gasteiger partial charge in [0.2, 0.25) is 0 Å². The Balaban J connectivity index is 1.24. The van der Waals surface area contributed by atoms with Crippen molar-refractivity contribution < 1.29 is 14.0 Å². The zero-order valence-corrected chi connectivity index (χ0v) is 17.7. The molecule has 2 aromatic heterocycles. The molecule has 31 heavy (non-hydrogen) atoms. The fourth-order valence-corrected chi connectivity index (χ4v) is 4.98. The number of aromatic nitrogens is 3. The monoisotopic (exact) mass is 426 g/mol. The molecule has 5 rings (SSSR count). The number of aliphatic hydroxyl groups excluding tert-OH is 1. The number of hydrogen-bond acceptors (Lipinski definition) is 6. The van der Waals surface area contributed by atoms with Crippen molar-refractivity contribution in [1.29, 1.82) is 0 Å². The number of rotatable bonds is 4. The van der Waals surface area contributed by atoms with Crippen LogP contribution < -0.4 is 5.56 Å². The molecular formula is C23H27FN4O3. The number of aryl methyl sites for hydroxylation is 1. The molecule has 2 aliphatic heterocycles. The maximum absolute atomic E-state index is 13.4. The van der Waals surface area contributed by atoms with Crippen LogP contribution in [0.4, 0.5) is 4.39 Å². The maximum Gasteiger partial charge on any atom is 0.257 e. The fraction of sp³-hybridized carbons (Fsp3) is 0.522. The van der Waals surface area contributed by atoms with Crippen LogP contribution in [0.1, 0.15) is 60.5 Å². The Morgan fingerprint density at radius 2 is 2.03 bits per heavy atom. The van der Waals surface area contributed by atoms with Gasteiger partial charge >= 0.3 is 0 Å². The van der Waals surface area contributed by atoms with Crippen LogP contribution in [0, 0.1) is 12.7 Å². The van der Waals surface area contributed by atoms with Gasteiger partial charge in [-0.15, -0.1) is 0 Å². The lowest BCUT2D eigenvalue weighted by molar-refractivity contribution is 0.129. The van der Waals surface area contributed by atoms with E-state index in [2.05, 4.69) is 15.0 Å². The summed E-state index contributed by atoms with van der Waals surface area (Å²) in [7, 11) is 0. The normalized spacial score (nSPS) is 20.3. The van der Waals surface area contributed by atoms with Crippen LogP contribution in [-0.2, 0) is 13.0 Å². The van der Waals surface area contributed by atoms with Crippen LogP contribution in [0.25, 0.3) is 11.0 Å². The van der Waals surface area contributed by atoms with Crippen LogP contribution in [0.5, 0.6) is 0 Å². The molecule has 2 aliphatic rings. The van der Waals surface area contributed by atoms with Gasteiger partial charge in [-0.3, -0.25) is 9.36 Å². The molecule has 0 spiro atoms. The lowest BCUT2D eigenvalue weighted by atomic mass is 9.91. The Morgan fingerprint density at radius 1 is 1.23 bits per heavy atom. The zero-order chi connectivity index (χ0) is 21.5. The van der Waals surface area contributed by atoms with Gasteiger partial charge in [-0.2, -0.15) is 0 Å². The van der Waals surface area contributed by atoms with Crippen molar-refractivity contribution in [2.24, 2.45) is 0 Å². The smallest absolute Gasteiger partial charge is 0.257 e. The summed E-state index contributed by atoms with van der Waals surface area (Å²) in [6.45, 7) is 5.13. The van der Waals surface area contributed by atoms with Crippen LogP contribution in [-0.4, -0.2) is 44.3 Å². The van der Waals surface area contributed by atoms with Gasteiger partial charge in [-0.05, 0) is 64.3 Å². The van der Waals surface area contributed by atoms with Crippen molar-refractivity contribution in [1.82, 2.24) is 19.6 Å². The summed E-state index contributed by atoms with van der Waals surface area (Å²) >= 11 is 0. The summed E-state index contributed by atoms with van der Waals surface area (Å²) < 4.78 is 20.4. The van der Waals surface area contributed by atoms with Crippen molar-refractivity contribution in [3.63, 3.8) is 0 Å². The van der Waals surface area contributed by atoms with Crippen LogP contribution in [0.3, 0.4) is 0 Å². The highest BCUT2D eigenvalue weighted by Gasteiger charge is 2.26. The summed E-state index contributed by atoms with van der Waals surface area (Å²) in [5.74, 6) is 0.489. The molecule has 1 N–H and O–H groups in total. The van der Waals surface area contributed by atoms with E-state index in [0.717, 1.165) is 61.2 Å². The van der Waals surface area contributed by atoms with Gasteiger partial charge in [0.25, 0.3) is 5.56 Å². The second kappa shape index (κ2) is 8.16. The van der Waals surface area contributed by atoms with E-state index in [0.29, 0.717) is 36.7 Å². The average Bonchev–Trinajstić information content (AvgIpc) is 3.18. The first-order chi connectivity index (χ1) is 15.0. The van der Waals surface area contributed by atoms with Crippen LogP contribution in [0.2, 0.25) is 0 Å². The number of aliphatic hydroxyl groups is 1. The number of piperidine rings is 1. The Bertz CT molecular complexity index is 1160. The predicted molar refractivity (Wildman–Crippen MR) is 114 cm³/mol. The second-order valence-electron chi connectivity index (χ2n) is 8.72. The van der Waals surface area contributed by atoms with Gasteiger partial charge in [0.1, 0.15) is 17.7 Å². The molecule has 7 nitrogen and oxygen atoms in total. The molecule has 4 heterocycles. The zero-order valence-electron chi connectivity index (χ0n) is 17.7. The molecular weight excluding hydrogens is 399 g/mol. The molecule has 0 amide bonds. The van der Waals surface area contributed by atoms with Crippen molar-refractivity contribution in [2.45, 2.75) is 57.6 Å². The molecule has 1 aromatic carbocycles. The SMILES string of the molecule is Cc1nc2n(c(=O)c1CCN1CCC(c3noc4cc(F)ccc34)CC1)CCC[C@@H]2O. The van der Waals surface area contributed by atoms with E-state index < -0.39 is 6.10 Å². The van der Waals surface area contributed by atoms with E-state index in [1.807, 2.05) is 6.92 Å². The highest BCUT2D eigenvalue weighted by Crippen LogP contribution is 2.32. The third-order valence-electron chi connectivity index (χ3n) is 6.77. The van der Waals surface area contributed by atoms with Gasteiger partial charge in [0.05, 0.1) is 5.69 Å². The molecule has 164 valence electrons. The van der Waals surface area contributed by atoms with Gasteiger partial charge < -0.3 is 14.5 Å². The first-order valence-corrected chi connectivity index (χ1v) is 11.1. The molecule has 1 saturated heterocycles. The first kappa shape index (κ1) is 20.3. The molecule has 0 bridgehead atoms. The quantitative estimate of drug-likeness (QED) is 0.690. The average molecular weight is 426 g/mol. The molecule has 3 aromatic rings. The minimum absolute atomic E-state index is 0.00237. The Kier molecular flexibility index (Phi) is 5.35. The number of hydrogen-bond donors (Lipinski definition) is 1. The highest BCUT2D eigenvalue weighted by atomic mass is 19.1. The van der Waals surface area contributed by atoms with E-state index in [4.69, 9.17) is 4.52 Å². The molecule has 1 atom stereocenters. The molecule has 8 heteroatoms. The lowest BCUT2D eigenvalue weighted by Crippen LogP contribution is -2.37. The minimum atomic E-state index is -0.641. The minimum Gasteiger partial charge on any atom is -0.385 e. The fourth-order valence-electron chi connectivity index (χ4n) is 4.98. The van der Waals surface area contributed by atoms with Crippen LogP contribution >= 0.6 is 0 Å². The van der Waals surface area contributed by atoms with Gasteiger partial charge in [-0.25, -0.2) is 9.37 Å². The Morgan fingerprint density at radius 3 is 2.84 bits per heavy atom. The third-order valence-corrected chi connectivity index (χ3v) is 6.77. The van der Waals surface area contributed by atoms with E-state index >= 15 is 0 Å². The number of nitrogens with zero attached hydrogens (tertiary/aromatic N) is 4. The summed E-state index contributed by atoms with van der Waals surface area (Å²) in [5.41, 5.74) is 2.90. The maximum atomic E-state index is 13.4. The Labute approximate surface area is 179 Å². The topological polar surface area (TPSA) is 84.4 Å². The van der Waals surface area contributed by atoms with E-state index in [1.54, 1.807) is 10.6 Å². The van der Waals surface area contributed by atoms with Crippen molar-refractivity contribution in [3.8, 4) is 0 Å². The van der Waals surface area contributed by atoms with E-state index in [9.17, 15) is 14.3 Å². The molecule has 0 saturated carbocycles. The van der Waals surface area contributed by atoms with E-state index in [1.165, 1.54) is 12.1 Å². The van der Waals surface area contributed by atoms with E-state index in [-0.39, 0.29) is 11.4 Å². The lowest BCUT2D eigenvalue weighted by Gasteiger charge is -2.31. The number of benzene rings is 1. The second-order valence-corrected chi connectivity index (χ2v) is 8.72. The predicted octanol–water partition coefficient (Wildman–Crippen LogP) is 3.08. The first-order valence-electron chi connectivity index (χ1n) is 11.1. The van der Waals surface area contributed by atoms with Crippen molar-refractivity contribution in [3.05, 3.63) is 57.1 Å².